The SMILES string of the molecule is CC(C)c1ccccc1CNC1CCCC1. The highest BCUT2D eigenvalue weighted by Crippen LogP contribution is 2.21. The van der Waals surface area contributed by atoms with Crippen LogP contribution in [0.15, 0.2) is 24.3 Å². The van der Waals surface area contributed by atoms with Gasteiger partial charge < -0.3 is 5.32 Å². The lowest BCUT2D eigenvalue weighted by molar-refractivity contribution is 0.522. The molecule has 0 radical (unpaired) electrons. The average Bonchev–Trinajstić information content (AvgIpc) is 2.79. The summed E-state index contributed by atoms with van der Waals surface area (Å²) in [5.41, 5.74) is 2.97. The second kappa shape index (κ2) is 5.49. The molecule has 0 amide bonds. The Balaban J connectivity index is 1.97. The normalized spacial score (nSPS) is 17.2. The molecule has 88 valence electrons. The smallest absolute Gasteiger partial charge is 0.0210 e. The number of benzene rings is 1. The molecule has 1 N–H and O–H groups in total. The molecule has 1 saturated carbocycles. The van der Waals surface area contributed by atoms with Gasteiger partial charge in [-0.25, -0.2) is 0 Å². The highest BCUT2D eigenvalue weighted by atomic mass is 14.9. The molecule has 1 heteroatoms. The molecule has 1 aliphatic rings. The molecule has 2 rings (SSSR count). The Morgan fingerprint density at radius 3 is 2.56 bits per heavy atom. The molecule has 1 aromatic rings. The Morgan fingerprint density at radius 1 is 1.19 bits per heavy atom. The van der Waals surface area contributed by atoms with Crippen molar-refractivity contribution >= 4 is 0 Å². The van der Waals surface area contributed by atoms with Gasteiger partial charge in [-0.3, -0.25) is 0 Å². The van der Waals surface area contributed by atoms with Crippen LogP contribution in [0.4, 0.5) is 0 Å². The Bertz CT molecular complexity index is 324. The molecular weight excluding hydrogens is 194 g/mol. The van der Waals surface area contributed by atoms with E-state index in [1.807, 2.05) is 0 Å². The van der Waals surface area contributed by atoms with Crippen molar-refractivity contribution in [2.24, 2.45) is 0 Å². The number of nitrogens with one attached hydrogen (secondary N) is 1. The van der Waals surface area contributed by atoms with E-state index in [9.17, 15) is 0 Å². The quantitative estimate of drug-likeness (QED) is 0.808. The summed E-state index contributed by atoms with van der Waals surface area (Å²) in [4.78, 5) is 0. The van der Waals surface area contributed by atoms with Gasteiger partial charge in [0.1, 0.15) is 0 Å². The van der Waals surface area contributed by atoms with E-state index < -0.39 is 0 Å². The third-order valence-electron chi connectivity index (χ3n) is 3.61. The Labute approximate surface area is 99.3 Å². The second-order valence-electron chi connectivity index (χ2n) is 5.22. The van der Waals surface area contributed by atoms with Gasteiger partial charge in [-0.05, 0) is 29.9 Å². The summed E-state index contributed by atoms with van der Waals surface area (Å²) in [5.74, 6) is 0.626. The van der Waals surface area contributed by atoms with Crippen LogP contribution in [-0.4, -0.2) is 6.04 Å². The fourth-order valence-electron chi connectivity index (χ4n) is 2.64. The summed E-state index contributed by atoms with van der Waals surface area (Å²) in [6.45, 7) is 5.59. The summed E-state index contributed by atoms with van der Waals surface area (Å²) in [7, 11) is 0. The van der Waals surface area contributed by atoms with E-state index >= 15 is 0 Å². The van der Waals surface area contributed by atoms with Crippen LogP contribution in [0.2, 0.25) is 0 Å². The number of hydrogen-bond donors (Lipinski definition) is 1. The number of hydrogen-bond acceptors (Lipinski definition) is 1. The lowest BCUT2D eigenvalue weighted by atomic mass is 9.97. The van der Waals surface area contributed by atoms with Crippen molar-refractivity contribution in [3.05, 3.63) is 35.4 Å². The Morgan fingerprint density at radius 2 is 1.88 bits per heavy atom. The average molecular weight is 217 g/mol. The zero-order valence-corrected chi connectivity index (χ0v) is 10.5. The van der Waals surface area contributed by atoms with Crippen LogP contribution in [0.25, 0.3) is 0 Å². The topological polar surface area (TPSA) is 12.0 Å². The molecule has 0 aliphatic heterocycles. The largest absolute Gasteiger partial charge is 0.310 e. The van der Waals surface area contributed by atoms with Crippen molar-refractivity contribution in [3.8, 4) is 0 Å². The molecule has 0 bridgehead atoms. The van der Waals surface area contributed by atoms with E-state index in [0.29, 0.717) is 5.92 Å². The molecule has 0 aromatic heterocycles. The molecule has 1 nitrogen and oxygen atoms in total. The van der Waals surface area contributed by atoms with Gasteiger partial charge in [0.05, 0.1) is 0 Å². The third kappa shape index (κ3) is 2.85. The van der Waals surface area contributed by atoms with Gasteiger partial charge in [-0.2, -0.15) is 0 Å². The minimum atomic E-state index is 0.626. The summed E-state index contributed by atoms with van der Waals surface area (Å²) in [6, 6.07) is 9.58. The van der Waals surface area contributed by atoms with Crippen molar-refractivity contribution in [1.82, 2.24) is 5.32 Å². The van der Waals surface area contributed by atoms with Crippen LogP contribution in [0.3, 0.4) is 0 Å². The van der Waals surface area contributed by atoms with Gasteiger partial charge in [-0.1, -0.05) is 51.0 Å². The van der Waals surface area contributed by atoms with Gasteiger partial charge in [0.25, 0.3) is 0 Å². The molecule has 1 fully saturated rings. The summed E-state index contributed by atoms with van der Waals surface area (Å²) >= 11 is 0. The van der Waals surface area contributed by atoms with Gasteiger partial charge in [0.2, 0.25) is 0 Å². The maximum atomic E-state index is 3.69. The van der Waals surface area contributed by atoms with Crippen molar-refractivity contribution in [2.75, 3.05) is 0 Å². The molecule has 16 heavy (non-hydrogen) atoms. The minimum Gasteiger partial charge on any atom is -0.310 e. The summed E-state index contributed by atoms with van der Waals surface area (Å²) in [6.07, 6.45) is 5.54. The zero-order chi connectivity index (χ0) is 11.4. The van der Waals surface area contributed by atoms with Crippen LogP contribution < -0.4 is 5.32 Å². The molecular formula is C15H23N. The fraction of sp³-hybridized carbons (Fsp3) is 0.600. The lowest BCUT2D eigenvalue weighted by Gasteiger charge is -2.16. The van der Waals surface area contributed by atoms with Crippen molar-refractivity contribution < 1.29 is 0 Å². The number of rotatable bonds is 4. The van der Waals surface area contributed by atoms with Crippen molar-refractivity contribution in [3.63, 3.8) is 0 Å². The van der Waals surface area contributed by atoms with E-state index in [1.165, 1.54) is 36.8 Å². The lowest BCUT2D eigenvalue weighted by Crippen LogP contribution is -2.25. The van der Waals surface area contributed by atoms with Gasteiger partial charge in [-0.15, -0.1) is 0 Å². The fourth-order valence-corrected chi connectivity index (χ4v) is 2.64. The minimum absolute atomic E-state index is 0.626. The first kappa shape index (κ1) is 11.7. The molecule has 0 spiro atoms. The van der Waals surface area contributed by atoms with Crippen LogP contribution in [0.5, 0.6) is 0 Å². The van der Waals surface area contributed by atoms with Gasteiger partial charge >= 0.3 is 0 Å². The van der Waals surface area contributed by atoms with E-state index in [1.54, 1.807) is 0 Å². The van der Waals surface area contributed by atoms with E-state index in [0.717, 1.165) is 12.6 Å². The van der Waals surface area contributed by atoms with E-state index in [-0.39, 0.29) is 0 Å². The highest BCUT2D eigenvalue weighted by Gasteiger charge is 2.14. The maximum absolute atomic E-state index is 3.69. The monoisotopic (exact) mass is 217 g/mol. The van der Waals surface area contributed by atoms with Crippen LogP contribution in [0, 0.1) is 0 Å². The molecule has 1 aliphatic carbocycles. The van der Waals surface area contributed by atoms with E-state index in [4.69, 9.17) is 0 Å². The molecule has 0 heterocycles. The molecule has 1 aromatic carbocycles. The van der Waals surface area contributed by atoms with Crippen molar-refractivity contribution in [1.29, 1.82) is 0 Å². The van der Waals surface area contributed by atoms with Gasteiger partial charge in [0, 0.05) is 12.6 Å². The molecule has 0 saturated heterocycles. The predicted molar refractivity (Wildman–Crippen MR) is 69.6 cm³/mol. The van der Waals surface area contributed by atoms with E-state index in [2.05, 4.69) is 43.4 Å². The third-order valence-corrected chi connectivity index (χ3v) is 3.61. The Hall–Kier alpha value is -0.820. The first-order chi connectivity index (χ1) is 7.77. The summed E-state index contributed by atoms with van der Waals surface area (Å²) in [5, 5.41) is 3.69. The van der Waals surface area contributed by atoms with Gasteiger partial charge in [0.15, 0.2) is 0 Å². The van der Waals surface area contributed by atoms with Crippen LogP contribution in [0.1, 0.15) is 56.6 Å². The summed E-state index contributed by atoms with van der Waals surface area (Å²) < 4.78 is 0. The molecule has 0 unspecified atom stereocenters. The van der Waals surface area contributed by atoms with Crippen LogP contribution in [-0.2, 0) is 6.54 Å². The Kier molecular flexibility index (Phi) is 4.00. The predicted octanol–water partition coefficient (Wildman–Crippen LogP) is 3.84. The van der Waals surface area contributed by atoms with Crippen LogP contribution >= 0.6 is 0 Å². The zero-order valence-electron chi connectivity index (χ0n) is 10.5. The molecule has 0 atom stereocenters. The highest BCUT2D eigenvalue weighted by molar-refractivity contribution is 5.29. The maximum Gasteiger partial charge on any atom is 0.0210 e. The van der Waals surface area contributed by atoms with Crippen molar-refractivity contribution in [2.45, 2.75) is 58.0 Å². The first-order valence-electron chi connectivity index (χ1n) is 6.58. The standard InChI is InChI=1S/C15H23N/c1-12(2)15-10-6-3-7-13(15)11-16-14-8-4-5-9-14/h3,6-7,10,12,14,16H,4-5,8-9,11H2,1-2H3. The second-order valence-corrected chi connectivity index (χ2v) is 5.22. The first-order valence-corrected chi connectivity index (χ1v) is 6.58.